The number of rotatable bonds is 7. The maximum atomic E-state index is 14.9. The Hall–Kier alpha value is -2.41. The van der Waals surface area contributed by atoms with Crippen LogP contribution in [0.5, 0.6) is 0 Å². The topological polar surface area (TPSA) is 87.4 Å². The van der Waals surface area contributed by atoms with E-state index in [1.807, 2.05) is 0 Å². The van der Waals surface area contributed by atoms with Crippen molar-refractivity contribution in [2.45, 2.75) is 30.8 Å². The van der Waals surface area contributed by atoms with E-state index in [1.165, 1.54) is 12.1 Å². The lowest BCUT2D eigenvalue weighted by atomic mass is 9.47. The van der Waals surface area contributed by atoms with Gasteiger partial charge in [0, 0.05) is 46.4 Å². The average molecular weight is 825 g/mol. The van der Waals surface area contributed by atoms with Crippen LogP contribution in [0.4, 0.5) is 0 Å². The van der Waals surface area contributed by atoms with Crippen LogP contribution in [-0.2, 0) is 15.1 Å². The Bertz CT molecular complexity index is 1850. The van der Waals surface area contributed by atoms with Crippen molar-refractivity contribution in [3.8, 4) is 6.07 Å². The van der Waals surface area contributed by atoms with Crippen LogP contribution in [0.2, 0.25) is 20.1 Å². The molecule has 1 N–H and O–H groups in total. The first-order valence-corrected chi connectivity index (χ1v) is 17.2. The van der Waals surface area contributed by atoms with Crippen molar-refractivity contribution in [1.29, 1.82) is 5.26 Å². The van der Waals surface area contributed by atoms with E-state index in [4.69, 9.17) is 51.1 Å². The second kappa shape index (κ2) is 14.0. The molecule has 0 bridgehead atoms. The number of Topliss-reactive ketones (excluding diaryl/α,β-unsaturated/α-hetero) is 1. The molecule has 0 aliphatic heterocycles. The van der Waals surface area contributed by atoms with Gasteiger partial charge in [-0.15, -0.1) is 0 Å². The van der Waals surface area contributed by atoms with Crippen LogP contribution >= 0.6 is 78.3 Å². The first-order chi connectivity index (χ1) is 21.9. The van der Waals surface area contributed by atoms with Crippen molar-refractivity contribution in [2.24, 2.45) is 11.3 Å². The summed E-state index contributed by atoms with van der Waals surface area (Å²) in [7, 11) is 0. The highest BCUT2D eigenvalue weighted by atomic mass is 79.9. The molecular weight excluding hydrogens is 800 g/mol. The van der Waals surface area contributed by atoms with E-state index in [1.54, 1.807) is 79.7 Å². The van der Waals surface area contributed by atoms with Crippen LogP contribution in [-0.4, -0.2) is 23.5 Å². The van der Waals surface area contributed by atoms with Crippen LogP contribution in [0.1, 0.15) is 52.2 Å². The molecule has 0 unspecified atom stereocenters. The molecule has 0 saturated heterocycles. The number of ether oxygens (including phenoxy) is 1. The third kappa shape index (κ3) is 6.26. The largest absolute Gasteiger partial charge is 0.465 e. The fourth-order valence-electron chi connectivity index (χ4n) is 6.58. The van der Waals surface area contributed by atoms with Crippen molar-refractivity contribution in [3.05, 3.63) is 136 Å². The summed E-state index contributed by atoms with van der Waals surface area (Å²) in [5.74, 6) is -5.24. The van der Waals surface area contributed by atoms with Gasteiger partial charge in [0.25, 0.3) is 0 Å². The zero-order valence-electron chi connectivity index (χ0n) is 24.1. The second-order valence-electron chi connectivity index (χ2n) is 11.0. The minimum absolute atomic E-state index is 0.0489. The maximum Gasteiger partial charge on any atom is 0.327 e. The molecule has 5 atom stereocenters. The molecule has 5 nitrogen and oxygen atoms in total. The lowest BCUT2D eigenvalue weighted by Crippen LogP contribution is -2.59. The van der Waals surface area contributed by atoms with Crippen molar-refractivity contribution < 1.29 is 19.4 Å². The Labute approximate surface area is 303 Å². The summed E-state index contributed by atoms with van der Waals surface area (Å²) < 4.78 is 7.13. The number of benzene rings is 4. The molecule has 0 radical (unpaired) electrons. The molecule has 1 aliphatic rings. The van der Waals surface area contributed by atoms with E-state index in [2.05, 4.69) is 37.9 Å². The normalized spacial score (nSPS) is 24.2. The molecule has 5 rings (SSSR count). The Morgan fingerprint density at radius 1 is 0.870 bits per heavy atom. The highest BCUT2D eigenvalue weighted by Gasteiger charge is 2.68. The van der Waals surface area contributed by atoms with Crippen LogP contribution < -0.4 is 0 Å². The molecule has 1 saturated carbocycles. The predicted molar refractivity (Wildman–Crippen MR) is 188 cm³/mol. The highest BCUT2D eigenvalue weighted by molar-refractivity contribution is 9.10. The summed E-state index contributed by atoms with van der Waals surface area (Å²) in [4.78, 5) is 29.3. The quantitative estimate of drug-likeness (QED) is 0.148. The van der Waals surface area contributed by atoms with E-state index >= 15 is 0 Å². The molecule has 0 heterocycles. The molecule has 4 aromatic carbocycles. The number of hydrogen-bond acceptors (Lipinski definition) is 5. The molecule has 1 aliphatic carbocycles. The molecular formula is C35H25Br2Cl4NO4. The predicted octanol–water partition coefficient (Wildman–Crippen LogP) is 10.6. The number of halogens is 6. The van der Waals surface area contributed by atoms with Gasteiger partial charge in [0.15, 0.2) is 11.2 Å². The first kappa shape index (κ1) is 34.9. The number of carbonyl (C=O) groups is 2. The average Bonchev–Trinajstić information content (AvgIpc) is 3.01. The van der Waals surface area contributed by atoms with Gasteiger partial charge in [0.2, 0.25) is 0 Å². The van der Waals surface area contributed by atoms with E-state index in [0.29, 0.717) is 21.2 Å². The van der Waals surface area contributed by atoms with Crippen molar-refractivity contribution in [3.63, 3.8) is 0 Å². The number of nitrogens with zero attached hydrogens (tertiary/aromatic N) is 1. The monoisotopic (exact) mass is 821 g/mol. The fourth-order valence-corrected chi connectivity index (χ4v) is 8.18. The number of nitriles is 1. The van der Waals surface area contributed by atoms with Crippen molar-refractivity contribution in [2.75, 3.05) is 6.61 Å². The summed E-state index contributed by atoms with van der Waals surface area (Å²) in [5.41, 5.74) is -2.77. The van der Waals surface area contributed by atoms with Gasteiger partial charge in [0.05, 0.1) is 18.6 Å². The number of esters is 1. The summed E-state index contributed by atoms with van der Waals surface area (Å²) >= 11 is 33.1. The SMILES string of the molecule is CCOC(=O)[C@@]1(C#N)[C@H](c2ccc(Cl)cc2Cl)[C@H](C(=O)c2ccc(Br)cc2)[C@@](O)(c2ccc(Br)cc2)C[C@H]1c1ccc(Cl)cc1Cl. The molecule has 1 fully saturated rings. The summed E-state index contributed by atoms with van der Waals surface area (Å²) in [6, 6.07) is 25.2. The fraction of sp³-hybridized carbons (Fsp3) is 0.229. The van der Waals surface area contributed by atoms with Crippen molar-refractivity contribution in [1.82, 2.24) is 0 Å². The van der Waals surface area contributed by atoms with Crippen molar-refractivity contribution >= 4 is 90.0 Å². The van der Waals surface area contributed by atoms with Gasteiger partial charge in [-0.1, -0.05) is 115 Å². The number of ketones is 1. The maximum absolute atomic E-state index is 14.9. The van der Waals surface area contributed by atoms with Gasteiger partial charge in [-0.2, -0.15) is 5.26 Å². The lowest BCUT2D eigenvalue weighted by Gasteiger charge is -2.54. The van der Waals surface area contributed by atoms with E-state index < -0.39 is 40.5 Å². The Balaban J connectivity index is 1.94. The van der Waals surface area contributed by atoms with Crippen LogP contribution in [0.3, 0.4) is 0 Å². The molecule has 0 aromatic heterocycles. The summed E-state index contributed by atoms with van der Waals surface area (Å²) in [6.07, 6.45) is -0.253. The van der Waals surface area contributed by atoms with Gasteiger partial charge in [-0.05, 0) is 78.6 Å². The van der Waals surface area contributed by atoms with Gasteiger partial charge < -0.3 is 9.84 Å². The molecule has 4 aromatic rings. The number of aliphatic hydroxyl groups is 1. The Kier molecular flexibility index (Phi) is 10.6. The van der Waals surface area contributed by atoms with E-state index in [-0.39, 0.29) is 34.2 Å². The Morgan fingerprint density at radius 3 is 1.89 bits per heavy atom. The van der Waals surface area contributed by atoms with Gasteiger partial charge in [-0.3, -0.25) is 9.59 Å². The van der Waals surface area contributed by atoms with Crippen LogP contribution in [0, 0.1) is 22.7 Å². The van der Waals surface area contributed by atoms with Crippen LogP contribution in [0.25, 0.3) is 0 Å². The molecule has 0 spiro atoms. The smallest absolute Gasteiger partial charge is 0.327 e. The van der Waals surface area contributed by atoms with Gasteiger partial charge in [0.1, 0.15) is 5.60 Å². The third-order valence-corrected chi connectivity index (χ3v) is 10.8. The number of hydrogen-bond donors (Lipinski definition) is 1. The second-order valence-corrected chi connectivity index (χ2v) is 14.6. The van der Waals surface area contributed by atoms with Gasteiger partial charge >= 0.3 is 5.97 Å². The molecule has 11 heteroatoms. The minimum atomic E-state index is -2.11. The third-order valence-electron chi connectivity index (χ3n) is 8.59. The number of carbonyl (C=O) groups excluding carboxylic acids is 2. The first-order valence-electron chi connectivity index (χ1n) is 14.1. The molecule has 236 valence electrons. The Morgan fingerprint density at radius 2 is 1.39 bits per heavy atom. The van der Waals surface area contributed by atoms with E-state index in [0.717, 1.165) is 8.95 Å². The van der Waals surface area contributed by atoms with Crippen LogP contribution in [0.15, 0.2) is 93.9 Å². The summed E-state index contributed by atoms with van der Waals surface area (Å²) in [5, 5.41) is 25.3. The van der Waals surface area contributed by atoms with E-state index in [9.17, 15) is 20.0 Å². The zero-order valence-corrected chi connectivity index (χ0v) is 30.3. The zero-order chi connectivity index (χ0) is 33.4. The van der Waals surface area contributed by atoms with Gasteiger partial charge in [-0.25, -0.2) is 0 Å². The lowest BCUT2D eigenvalue weighted by molar-refractivity contribution is -0.164. The minimum Gasteiger partial charge on any atom is -0.465 e. The highest BCUT2D eigenvalue weighted by Crippen LogP contribution is 2.65. The molecule has 0 amide bonds. The summed E-state index contributed by atoms with van der Waals surface area (Å²) in [6.45, 7) is 1.58. The molecule has 46 heavy (non-hydrogen) atoms. The standard InChI is InChI=1S/C35H25Br2Cl4NO4/c1-2-46-33(44)34(18-42)27(25-13-11-23(38)15-28(25)40)17-35(45,20-5-9-22(37)10-6-20)31(32(43)19-3-7-21(36)8-4-19)30(34)26-14-12-24(39)16-29(26)41/h3-16,27,30-31,45H,2,17H2,1H3/t27-,30+,31+,34+,35-/m0/s1.